The van der Waals surface area contributed by atoms with E-state index in [-0.39, 0.29) is 5.91 Å². The third kappa shape index (κ3) is 12.2. The molecule has 4 nitrogen and oxygen atoms in total. The molecule has 0 aliphatic rings. The Hall–Kier alpha value is -0.610. The second kappa shape index (κ2) is 13.8. The van der Waals surface area contributed by atoms with Crippen molar-refractivity contribution in [2.24, 2.45) is 5.73 Å². The lowest BCUT2D eigenvalue weighted by atomic mass is 10.1. The van der Waals surface area contributed by atoms with Crippen LogP contribution in [0.2, 0.25) is 0 Å². The molecule has 0 rings (SSSR count). The van der Waals surface area contributed by atoms with Crippen LogP contribution in [-0.4, -0.2) is 32.2 Å². The van der Waals surface area contributed by atoms with E-state index < -0.39 is 6.04 Å². The number of ether oxygens (including phenoxy) is 1. The van der Waals surface area contributed by atoms with Gasteiger partial charge in [0, 0.05) is 20.3 Å². The van der Waals surface area contributed by atoms with Gasteiger partial charge in [0.15, 0.2) is 0 Å². The van der Waals surface area contributed by atoms with Crippen LogP contribution < -0.4 is 11.1 Å². The Bertz CT molecular complexity index is 210. The van der Waals surface area contributed by atoms with Gasteiger partial charge in [-0.3, -0.25) is 4.79 Å². The fraction of sp³-hybridized carbons (Fsp3) is 0.933. The van der Waals surface area contributed by atoms with Crippen LogP contribution in [0.25, 0.3) is 0 Å². The number of nitrogens with two attached hydrogens (primary N) is 1. The third-order valence-corrected chi connectivity index (χ3v) is 3.30. The number of hydrogen-bond acceptors (Lipinski definition) is 3. The first-order chi connectivity index (χ1) is 9.22. The molecule has 1 unspecified atom stereocenters. The van der Waals surface area contributed by atoms with Gasteiger partial charge in [-0.15, -0.1) is 0 Å². The van der Waals surface area contributed by atoms with Crippen LogP contribution in [0, 0.1) is 0 Å². The second-order valence-corrected chi connectivity index (χ2v) is 5.15. The van der Waals surface area contributed by atoms with Gasteiger partial charge in [0.1, 0.15) is 0 Å². The summed E-state index contributed by atoms with van der Waals surface area (Å²) in [4.78, 5) is 11.6. The molecular weight excluding hydrogens is 240 g/mol. The van der Waals surface area contributed by atoms with Crippen LogP contribution in [0.15, 0.2) is 0 Å². The van der Waals surface area contributed by atoms with Gasteiger partial charge in [-0.05, 0) is 12.8 Å². The number of unbranched alkanes of at least 4 members (excludes halogenated alkanes) is 7. The number of nitrogens with one attached hydrogen (secondary N) is 1. The maximum atomic E-state index is 11.6. The molecule has 1 atom stereocenters. The molecule has 1 amide bonds. The third-order valence-electron chi connectivity index (χ3n) is 3.30. The summed E-state index contributed by atoms with van der Waals surface area (Å²) in [6, 6.07) is -0.436. The molecule has 0 aliphatic heterocycles. The van der Waals surface area contributed by atoms with Gasteiger partial charge in [0.2, 0.25) is 5.91 Å². The van der Waals surface area contributed by atoms with Gasteiger partial charge in [0.05, 0.1) is 6.04 Å². The molecule has 0 saturated heterocycles. The summed E-state index contributed by atoms with van der Waals surface area (Å²) in [5.74, 6) is -0.0556. The van der Waals surface area contributed by atoms with Gasteiger partial charge in [-0.1, -0.05) is 51.9 Å². The van der Waals surface area contributed by atoms with E-state index in [0.717, 1.165) is 13.0 Å². The van der Waals surface area contributed by atoms with Crippen molar-refractivity contribution in [2.45, 2.75) is 70.8 Å². The van der Waals surface area contributed by atoms with Crippen LogP contribution >= 0.6 is 0 Å². The molecule has 114 valence electrons. The van der Waals surface area contributed by atoms with Gasteiger partial charge in [0.25, 0.3) is 0 Å². The highest BCUT2D eigenvalue weighted by Crippen LogP contribution is 2.07. The molecule has 0 aromatic rings. The lowest BCUT2D eigenvalue weighted by Crippen LogP contribution is -2.41. The average molecular weight is 272 g/mol. The fourth-order valence-corrected chi connectivity index (χ4v) is 1.98. The number of carbonyl (C=O) groups is 1. The molecule has 0 fully saturated rings. The molecule has 0 aromatic heterocycles. The van der Waals surface area contributed by atoms with Crippen molar-refractivity contribution < 1.29 is 9.53 Å². The lowest BCUT2D eigenvalue weighted by molar-refractivity contribution is -0.122. The van der Waals surface area contributed by atoms with E-state index in [1.54, 1.807) is 7.11 Å². The van der Waals surface area contributed by atoms with Crippen molar-refractivity contribution in [3.05, 3.63) is 0 Å². The number of hydrogen-bond donors (Lipinski definition) is 2. The Kier molecular flexibility index (Phi) is 13.4. The summed E-state index contributed by atoms with van der Waals surface area (Å²) in [7, 11) is 1.62. The van der Waals surface area contributed by atoms with Crippen molar-refractivity contribution in [3.8, 4) is 0 Å². The smallest absolute Gasteiger partial charge is 0.237 e. The van der Waals surface area contributed by atoms with Crippen molar-refractivity contribution in [2.75, 3.05) is 20.3 Å². The summed E-state index contributed by atoms with van der Waals surface area (Å²) < 4.78 is 4.90. The summed E-state index contributed by atoms with van der Waals surface area (Å²) in [5.41, 5.74) is 5.72. The van der Waals surface area contributed by atoms with E-state index >= 15 is 0 Å². The highest BCUT2D eigenvalue weighted by molar-refractivity contribution is 5.81. The lowest BCUT2D eigenvalue weighted by Gasteiger charge is -2.11. The van der Waals surface area contributed by atoms with Crippen molar-refractivity contribution in [1.82, 2.24) is 5.32 Å². The van der Waals surface area contributed by atoms with E-state index in [9.17, 15) is 4.79 Å². The molecule has 3 N–H and O–H groups in total. The molecule has 0 spiro atoms. The summed E-state index contributed by atoms with van der Waals surface area (Å²) >= 11 is 0. The Morgan fingerprint density at radius 2 is 1.68 bits per heavy atom. The highest BCUT2D eigenvalue weighted by atomic mass is 16.5. The quantitative estimate of drug-likeness (QED) is 0.507. The number of carbonyl (C=O) groups excluding carboxylic acids is 1. The minimum absolute atomic E-state index is 0.0556. The van der Waals surface area contributed by atoms with Crippen LogP contribution in [0.5, 0.6) is 0 Å². The summed E-state index contributed by atoms with van der Waals surface area (Å²) in [5, 5.41) is 2.88. The number of rotatable bonds is 13. The van der Waals surface area contributed by atoms with Gasteiger partial charge in [-0.25, -0.2) is 0 Å². The molecule has 4 heteroatoms. The monoisotopic (exact) mass is 272 g/mol. The van der Waals surface area contributed by atoms with E-state index in [4.69, 9.17) is 10.5 Å². The predicted octanol–water partition coefficient (Wildman–Crippen LogP) is 2.61. The van der Waals surface area contributed by atoms with E-state index in [2.05, 4.69) is 12.2 Å². The Morgan fingerprint density at radius 1 is 1.11 bits per heavy atom. The minimum Gasteiger partial charge on any atom is -0.385 e. The molecule has 0 aromatic carbocycles. The van der Waals surface area contributed by atoms with Crippen LogP contribution in [-0.2, 0) is 9.53 Å². The molecule has 0 aliphatic carbocycles. The zero-order valence-corrected chi connectivity index (χ0v) is 12.7. The number of amides is 1. The molecule has 0 radical (unpaired) electrons. The van der Waals surface area contributed by atoms with E-state index in [1.807, 2.05) is 0 Å². The van der Waals surface area contributed by atoms with Crippen LogP contribution in [0.4, 0.5) is 0 Å². The molecule has 0 heterocycles. The van der Waals surface area contributed by atoms with Crippen molar-refractivity contribution in [3.63, 3.8) is 0 Å². The topological polar surface area (TPSA) is 64.4 Å². The van der Waals surface area contributed by atoms with Gasteiger partial charge in [-0.2, -0.15) is 0 Å². The number of methoxy groups -OCH3 is 1. The second-order valence-electron chi connectivity index (χ2n) is 5.15. The SMILES string of the molecule is CCCCCCCCCCNC(=O)C(N)CCOC. The molecule has 0 saturated carbocycles. The Balaban J connectivity index is 3.27. The first-order valence-electron chi connectivity index (χ1n) is 7.74. The molecule has 19 heavy (non-hydrogen) atoms. The Morgan fingerprint density at radius 3 is 2.26 bits per heavy atom. The maximum absolute atomic E-state index is 11.6. The molecule has 0 bridgehead atoms. The first kappa shape index (κ1) is 18.4. The normalized spacial score (nSPS) is 12.4. The maximum Gasteiger partial charge on any atom is 0.237 e. The molecular formula is C15H32N2O2. The Labute approximate surface area is 118 Å². The van der Waals surface area contributed by atoms with Gasteiger partial charge < -0.3 is 15.8 Å². The van der Waals surface area contributed by atoms with E-state index in [0.29, 0.717) is 13.0 Å². The van der Waals surface area contributed by atoms with Crippen LogP contribution in [0.1, 0.15) is 64.7 Å². The predicted molar refractivity (Wildman–Crippen MR) is 80.1 cm³/mol. The van der Waals surface area contributed by atoms with E-state index in [1.165, 1.54) is 44.9 Å². The van der Waals surface area contributed by atoms with Crippen molar-refractivity contribution >= 4 is 5.91 Å². The largest absolute Gasteiger partial charge is 0.385 e. The zero-order chi connectivity index (χ0) is 14.3. The fourth-order valence-electron chi connectivity index (χ4n) is 1.98. The minimum atomic E-state index is -0.436. The summed E-state index contributed by atoms with van der Waals surface area (Å²) in [6.45, 7) is 3.51. The van der Waals surface area contributed by atoms with Gasteiger partial charge >= 0.3 is 0 Å². The summed E-state index contributed by atoms with van der Waals surface area (Å²) in [6.07, 6.45) is 10.8. The highest BCUT2D eigenvalue weighted by Gasteiger charge is 2.11. The average Bonchev–Trinajstić information content (AvgIpc) is 2.42. The van der Waals surface area contributed by atoms with Crippen molar-refractivity contribution in [1.29, 1.82) is 0 Å². The van der Waals surface area contributed by atoms with Crippen LogP contribution in [0.3, 0.4) is 0 Å². The standard InChI is InChI=1S/C15H32N2O2/c1-3-4-5-6-7-8-9-10-12-17-15(18)14(16)11-13-19-2/h14H,3-13,16H2,1-2H3,(H,17,18). The first-order valence-corrected chi connectivity index (χ1v) is 7.74. The zero-order valence-electron chi connectivity index (χ0n) is 12.7.